The zero-order valence-electron chi connectivity index (χ0n) is 19.9. The molecule has 0 spiro atoms. The van der Waals surface area contributed by atoms with Gasteiger partial charge in [0.2, 0.25) is 5.78 Å². The Morgan fingerprint density at radius 3 is 1.88 bits per heavy atom. The predicted molar refractivity (Wildman–Crippen MR) is 134 cm³/mol. The molecule has 1 saturated heterocycles. The minimum atomic E-state index is -0.996. The van der Waals surface area contributed by atoms with Crippen molar-refractivity contribution < 1.29 is 14.4 Å². The number of Topliss-reactive ketones (excluding diaryl/α,β-unsaturated/α-hetero) is 1. The van der Waals surface area contributed by atoms with Crippen molar-refractivity contribution in [2.45, 2.75) is 38.7 Å². The van der Waals surface area contributed by atoms with Gasteiger partial charge in [-0.05, 0) is 50.2 Å². The summed E-state index contributed by atoms with van der Waals surface area (Å²) >= 11 is 0. The number of hydrogen-bond donors (Lipinski definition) is 1. The molecule has 0 saturated carbocycles. The summed E-state index contributed by atoms with van der Waals surface area (Å²) in [4.78, 5) is 13.0. The van der Waals surface area contributed by atoms with Crippen LogP contribution in [0, 0.1) is 12.8 Å². The number of nitrogens with zero attached hydrogens (tertiary/aromatic N) is 1. The molecule has 1 heterocycles. The molecule has 0 radical (unpaired) electrons. The van der Waals surface area contributed by atoms with E-state index in [9.17, 15) is 9.90 Å². The second-order valence-electron chi connectivity index (χ2n) is 9.79. The summed E-state index contributed by atoms with van der Waals surface area (Å²) in [5.41, 5.74) is 2.90. The van der Waals surface area contributed by atoms with Crippen LogP contribution in [0.4, 0.5) is 0 Å². The SMILES string of the molecule is CC[N+]1(CC(=O)c2ccc(C)cc2)CCC(CC(O)(c2ccccc2)c2ccccc2)CC1. The lowest BCUT2D eigenvalue weighted by Crippen LogP contribution is -2.55. The number of aryl methyl sites for hydroxylation is 1. The van der Waals surface area contributed by atoms with Gasteiger partial charge in [-0.15, -0.1) is 0 Å². The van der Waals surface area contributed by atoms with E-state index in [2.05, 4.69) is 6.92 Å². The van der Waals surface area contributed by atoms with E-state index >= 15 is 0 Å². The van der Waals surface area contributed by atoms with Gasteiger partial charge >= 0.3 is 0 Å². The molecule has 3 nitrogen and oxygen atoms in total. The Morgan fingerprint density at radius 2 is 1.39 bits per heavy atom. The number of hydrogen-bond acceptors (Lipinski definition) is 2. The lowest BCUT2D eigenvalue weighted by atomic mass is 9.76. The summed E-state index contributed by atoms with van der Waals surface area (Å²) < 4.78 is 0.846. The zero-order valence-corrected chi connectivity index (χ0v) is 19.9. The summed E-state index contributed by atoms with van der Waals surface area (Å²) in [5, 5.41) is 12.0. The standard InChI is InChI=1S/C30H36NO2/c1-3-31(23-29(32)26-16-14-24(2)15-17-26)20-18-25(19-21-31)22-30(33,27-10-6-4-7-11-27)28-12-8-5-9-13-28/h4-17,25,33H,3,18-23H2,1-2H3/q+1. The van der Waals surface area contributed by atoms with Crippen LogP contribution in [-0.2, 0) is 5.60 Å². The van der Waals surface area contributed by atoms with E-state index in [4.69, 9.17) is 0 Å². The first-order chi connectivity index (χ1) is 15.9. The monoisotopic (exact) mass is 442 g/mol. The first kappa shape index (κ1) is 23.4. The number of quaternary nitrogens is 1. The first-order valence-electron chi connectivity index (χ1n) is 12.2. The average molecular weight is 443 g/mol. The number of carbonyl (C=O) groups is 1. The highest BCUT2D eigenvalue weighted by atomic mass is 16.3. The van der Waals surface area contributed by atoms with Crippen molar-refractivity contribution in [3.05, 3.63) is 107 Å². The van der Waals surface area contributed by atoms with Crippen LogP contribution in [0.25, 0.3) is 0 Å². The van der Waals surface area contributed by atoms with Crippen molar-refractivity contribution in [2.75, 3.05) is 26.2 Å². The highest BCUT2D eigenvalue weighted by Gasteiger charge is 2.40. The maximum atomic E-state index is 13.0. The van der Waals surface area contributed by atoms with Crippen LogP contribution in [0.3, 0.4) is 0 Å². The molecule has 0 unspecified atom stereocenters. The minimum Gasteiger partial charge on any atom is -0.380 e. The Bertz CT molecular complexity index is 996. The molecule has 0 amide bonds. The molecule has 4 rings (SSSR count). The van der Waals surface area contributed by atoms with Crippen molar-refractivity contribution >= 4 is 5.78 Å². The van der Waals surface area contributed by atoms with E-state index < -0.39 is 5.60 Å². The second-order valence-corrected chi connectivity index (χ2v) is 9.79. The molecule has 0 bridgehead atoms. The fourth-order valence-corrected chi connectivity index (χ4v) is 5.34. The van der Waals surface area contributed by atoms with Gasteiger partial charge in [-0.2, -0.15) is 0 Å². The fraction of sp³-hybridized carbons (Fsp3) is 0.367. The number of likely N-dealkylation sites (N-methyl/N-ethyl adjacent to an activating group) is 1. The topological polar surface area (TPSA) is 37.3 Å². The Morgan fingerprint density at radius 1 is 0.879 bits per heavy atom. The normalized spacial score (nSPS) is 21.0. The third-order valence-electron chi connectivity index (χ3n) is 7.63. The molecule has 1 N–H and O–H groups in total. The van der Waals surface area contributed by atoms with Gasteiger partial charge in [-0.1, -0.05) is 90.5 Å². The molecule has 3 aromatic rings. The first-order valence-corrected chi connectivity index (χ1v) is 12.2. The van der Waals surface area contributed by atoms with E-state index in [1.807, 2.05) is 91.9 Å². The van der Waals surface area contributed by atoms with Crippen LogP contribution < -0.4 is 0 Å². The number of ketones is 1. The fourth-order valence-electron chi connectivity index (χ4n) is 5.34. The van der Waals surface area contributed by atoms with Crippen LogP contribution in [-0.4, -0.2) is 41.6 Å². The molecule has 1 fully saturated rings. The Hall–Kier alpha value is -2.75. The van der Waals surface area contributed by atoms with E-state index in [-0.39, 0.29) is 5.78 Å². The van der Waals surface area contributed by atoms with Crippen LogP contribution in [0.5, 0.6) is 0 Å². The molecule has 0 aliphatic carbocycles. The molecule has 0 atom stereocenters. The summed E-state index contributed by atoms with van der Waals surface area (Å²) in [6.07, 6.45) is 2.75. The summed E-state index contributed by atoms with van der Waals surface area (Å²) in [7, 11) is 0. The van der Waals surface area contributed by atoms with E-state index in [1.165, 1.54) is 5.56 Å². The van der Waals surface area contributed by atoms with Crippen molar-refractivity contribution in [1.29, 1.82) is 0 Å². The molecular weight excluding hydrogens is 406 g/mol. The minimum absolute atomic E-state index is 0.236. The van der Waals surface area contributed by atoms with Gasteiger partial charge in [0.25, 0.3) is 0 Å². The van der Waals surface area contributed by atoms with Crippen molar-refractivity contribution in [3.8, 4) is 0 Å². The lowest BCUT2D eigenvalue weighted by Gasteiger charge is -2.44. The summed E-state index contributed by atoms with van der Waals surface area (Å²) in [6.45, 7) is 7.75. The Kier molecular flexibility index (Phi) is 7.11. The van der Waals surface area contributed by atoms with Gasteiger partial charge in [0.1, 0.15) is 12.1 Å². The third-order valence-corrected chi connectivity index (χ3v) is 7.63. The molecule has 1 aliphatic heterocycles. The largest absolute Gasteiger partial charge is 0.380 e. The highest BCUT2D eigenvalue weighted by Crippen LogP contribution is 2.39. The highest BCUT2D eigenvalue weighted by molar-refractivity contribution is 5.97. The van der Waals surface area contributed by atoms with Gasteiger partial charge < -0.3 is 9.59 Å². The quantitative estimate of drug-likeness (QED) is 0.356. The summed E-state index contributed by atoms with van der Waals surface area (Å²) in [5.74, 6) is 0.656. The van der Waals surface area contributed by atoms with Crippen molar-refractivity contribution in [1.82, 2.24) is 0 Å². The number of rotatable bonds is 8. The molecule has 3 aromatic carbocycles. The number of carbonyl (C=O) groups excluding carboxylic acids is 1. The number of likely N-dealkylation sites (tertiary alicyclic amines) is 1. The van der Waals surface area contributed by atoms with Crippen LogP contribution in [0.1, 0.15) is 53.2 Å². The molecule has 0 aromatic heterocycles. The number of aliphatic hydroxyl groups is 1. The van der Waals surface area contributed by atoms with Gasteiger partial charge in [-0.3, -0.25) is 4.79 Å². The lowest BCUT2D eigenvalue weighted by molar-refractivity contribution is -0.924. The van der Waals surface area contributed by atoms with Gasteiger partial charge in [-0.25, -0.2) is 0 Å². The second kappa shape index (κ2) is 10.0. The van der Waals surface area contributed by atoms with Gasteiger partial charge in [0.15, 0.2) is 0 Å². The maximum absolute atomic E-state index is 13.0. The van der Waals surface area contributed by atoms with Crippen LogP contribution >= 0.6 is 0 Å². The zero-order chi connectivity index (χ0) is 23.3. The van der Waals surface area contributed by atoms with E-state index in [0.29, 0.717) is 18.9 Å². The van der Waals surface area contributed by atoms with E-state index in [1.54, 1.807) is 0 Å². The maximum Gasteiger partial charge on any atom is 0.216 e. The third kappa shape index (κ3) is 5.26. The van der Waals surface area contributed by atoms with Crippen LogP contribution in [0.2, 0.25) is 0 Å². The van der Waals surface area contributed by atoms with E-state index in [0.717, 1.165) is 53.6 Å². The van der Waals surface area contributed by atoms with Crippen molar-refractivity contribution in [3.63, 3.8) is 0 Å². The number of benzene rings is 3. The predicted octanol–water partition coefficient (Wildman–Crippen LogP) is 5.75. The average Bonchev–Trinajstić information content (AvgIpc) is 2.86. The number of piperidine rings is 1. The Balaban J connectivity index is 1.47. The van der Waals surface area contributed by atoms with Crippen LogP contribution in [0.15, 0.2) is 84.9 Å². The van der Waals surface area contributed by atoms with Gasteiger partial charge in [0.05, 0.1) is 19.6 Å². The Labute approximate surface area is 198 Å². The van der Waals surface area contributed by atoms with Crippen molar-refractivity contribution in [2.24, 2.45) is 5.92 Å². The molecule has 3 heteroatoms. The summed E-state index contributed by atoms with van der Waals surface area (Å²) in [6, 6.07) is 28.1. The molecule has 33 heavy (non-hydrogen) atoms. The molecule has 1 aliphatic rings. The smallest absolute Gasteiger partial charge is 0.216 e. The van der Waals surface area contributed by atoms with Gasteiger partial charge in [0, 0.05) is 5.56 Å². The molecule has 172 valence electrons. The molecular formula is C30H36NO2+.